The van der Waals surface area contributed by atoms with Gasteiger partial charge in [0.1, 0.15) is 5.75 Å². The number of ether oxygens (including phenoxy) is 2. The average Bonchev–Trinajstić information content (AvgIpc) is 2.71. The summed E-state index contributed by atoms with van der Waals surface area (Å²) in [6.07, 6.45) is 1.54. The second-order valence-corrected chi connectivity index (χ2v) is 6.36. The number of hydrogen-bond donors (Lipinski definition) is 2. The van der Waals surface area contributed by atoms with E-state index in [9.17, 15) is 9.59 Å². The number of para-hydroxylation sites is 1. The lowest BCUT2D eigenvalue weighted by atomic mass is 10.0. The minimum atomic E-state index is -0.334. The molecule has 6 nitrogen and oxygen atoms in total. The van der Waals surface area contributed by atoms with Gasteiger partial charge in [0.15, 0.2) is 0 Å². The summed E-state index contributed by atoms with van der Waals surface area (Å²) in [5, 5.41) is 6.11. The summed E-state index contributed by atoms with van der Waals surface area (Å²) in [4.78, 5) is 24.1. The van der Waals surface area contributed by atoms with Gasteiger partial charge in [-0.15, -0.1) is 0 Å². The van der Waals surface area contributed by atoms with Crippen molar-refractivity contribution in [2.75, 3.05) is 25.1 Å². The molecular formula is C21H24N2O4. The Balaban J connectivity index is 1.50. The fraction of sp³-hybridized carbons (Fsp3) is 0.333. The van der Waals surface area contributed by atoms with Gasteiger partial charge in [-0.1, -0.05) is 25.1 Å². The van der Waals surface area contributed by atoms with Crippen molar-refractivity contribution < 1.29 is 19.1 Å². The molecule has 1 atom stereocenters. The van der Waals surface area contributed by atoms with E-state index in [1.54, 1.807) is 24.3 Å². The van der Waals surface area contributed by atoms with Crippen LogP contribution >= 0.6 is 0 Å². The van der Waals surface area contributed by atoms with Crippen LogP contribution in [-0.2, 0) is 9.53 Å². The van der Waals surface area contributed by atoms with E-state index in [2.05, 4.69) is 10.6 Å². The maximum atomic E-state index is 12.3. The van der Waals surface area contributed by atoms with Gasteiger partial charge in [0.05, 0.1) is 31.4 Å². The number of nitrogens with one attached hydrogen (secondary N) is 2. The molecule has 0 fully saturated rings. The molecule has 1 amide bonds. The van der Waals surface area contributed by atoms with E-state index in [4.69, 9.17) is 9.47 Å². The van der Waals surface area contributed by atoms with E-state index in [0.29, 0.717) is 18.8 Å². The van der Waals surface area contributed by atoms with Crippen LogP contribution in [0.4, 0.5) is 5.69 Å². The normalized spacial score (nSPS) is 15.2. The van der Waals surface area contributed by atoms with Crippen molar-refractivity contribution in [1.82, 2.24) is 5.32 Å². The first-order chi connectivity index (χ1) is 13.2. The number of esters is 1. The van der Waals surface area contributed by atoms with Crippen molar-refractivity contribution in [2.45, 2.75) is 25.8 Å². The van der Waals surface area contributed by atoms with Crippen molar-refractivity contribution in [2.24, 2.45) is 0 Å². The number of rotatable bonds is 7. The van der Waals surface area contributed by atoms with Crippen LogP contribution in [0.25, 0.3) is 0 Å². The Hall–Kier alpha value is -3.02. The molecule has 1 heterocycles. The maximum Gasteiger partial charge on any atom is 0.338 e. The minimum Gasteiger partial charge on any atom is -0.493 e. The quantitative estimate of drug-likeness (QED) is 0.734. The summed E-state index contributed by atoms with van der Waals surface area (Å²) in [7, 11) is 0. The Bertz CT molecular complexity index is 789. The Morgan fingerprint density at radius 2 is 1.93 bits per heavy atom. The molecule has 0 spiro atoms. The number of carbonyl (C=O) groups is 2. The summed E-state index contributed by atoms with van der Waals surface area (Å²) in [5.74, 6) is 0.398. The van der Waals surface area contributed by atoms with E-state index in [0.717, 1.165) is 29.8 Å². The molecule has 0 aromatic heterocycles. The van der Waals surface area contributed by atoms with Gasteiger partial charge in [-0.05, 0) is 36.8 Å². The van der Waals surface area contributed by atoms with Gasteiger partial charge in [-0.25, -0.2) is 4.79 Å². The Morgan fingerprint density at radius 3 is 2.70 bits per heavy atom. The van der Waals surface area contributed by atoms with E-state index < -0.39 is 0 Å². The lowest BCUT2D eigenvalue weighted by molar-refractivity contribution is -0.120. The molecule has 0 saturated heterocycles. The predicted molar refractivity (Wildman–Crippen MR) is 103 cm³/mol. The van der Waals surface area contributed by atoms with Gasteiger partial charge < -0.3 is 20.1 Å². The van der Waals surface area contributed by atoms with Gasteiger partial charge in [-0.3, -0.25) is 4.79 Å². The topological polar surface area (TPSA) is 76.7 Å². The number of amides is 1. The van der Waals surface area contributed by atoms with E-state index in [1.165, 1.54) is 0 Å². The molecule has 0 aliphatic carbocycles. The molecule has 0 saturated carbocycles. The molecule has 6 heteroatoms. The number of benzene rings is 2. The monoisotopic (exact) mass is 368 g/mol. The molecule has 2 N–H and O–H groups in total. The largest absolute Gasteiger partial charge is 0.493 e. The third kappa shape index (κ3) is 5.00. The average molecular weight is 368 g/mol. The van der Waals surface area contributed by atoms with E-state index >= 15 is 0 Å². The van der Waals surface area contributed by atoms with Gasteiger partial charge in [0.25, 0.3) is 0 Å². The molecule has 3 rings (SSSR count). The molecule has 0 radical (unpaired) electrons. The first-order valence-electron chi connectivity index (χ1n) is 9.19. The second-order valence-electron chi connectivity index (χ2n) is 6.36. The smallest absolute Gasteiger partial charge is 0.338 e. The van der Waals surface area contributed by atoms with Crippen molar-refractivity contribution in [1.29, 1.82) is 0 Å². The molecular weight excluding hydrogens is 344 g/mol. The number of hydrogen-bond acceptors (Lipinski definition) is 5. The number of fused-ring (bicyclic) bond motifs is 1. The van der Waals surface area contributed by atoms with Gasteiger partial charge in [0, 0.05) is 17.7 Å². The highest BCUT2D eigenvalue weighted by Gasteiger charge is 2.22. The van der Waals surface area contributed by atoms with Crippen LogP contribution in [0.3, 0.4) is 0 Å². The van der Waals surface area contributed by atoms with Crippen molar-refractivity contribution in [3.05, 3.63) is 59.7 Å². The van der Waals surface area contributed by atoms with Crippen molar-refractivity contribution in [3.8, 4) is 5.75 Å². The van der Waals surface area contributed by atoms with Crippen LogP contribution in [0.2, 0.25) is 0 Å². The number of carbonyl (C=O) groups excluding carboxylic acids is 2. The van der Waals surface area contributed by atoms with E-state index in [-0.39, 0.29) is 24.5 Å². The third-order valence-corrected chi connectivity index (χ3v) is 4.30. The predicted octanol–water partition coefficient (Wildman–Crippen LogP) is 3.31. The van der Waals surface area contributed by atoms with Crippen LogP contribution in [0.1, 0.15) is 41.7 Å². The highest BCUT2D eigenvalue weighted by atomic mass is 16.5. The van der Waals surface area contributed by atoms with Crippen LogP contribution in [0.15, 0.2) is 48.5 Å². The Labute approximate surface area is 158 Å². The molecule has 1 unspecified atom stereocenters. The zero-order chi connectivity index (χ0) is 19.1. The Kier molecular flexibility index (Phi) is 6.30. The Morgan fingerprint density at radius 1 is 1.15 bits per heavy atom. The molecule has 2 aromatic carbocycles. The molecule has 142 valence electrons. The lowest BCUT2D eigenvalue weighted by Gasteiger charge is -2.26. The molecule has 27 heavy (non-hydrogen) atoms. The van der Waals surface area contributed by atoms with E-state index in [1.807, 2.05) is 31.2 Å². The lowest BCUT2D eigenvalue weighted by Crippen LogP contribution is -2.35. The summed E-state index contributed by atoms with van der Waals surface area (Å²) in [6, 6.07) is 14.6. The van der Waals surface area contributed by atoms with Gasteiger partial charge in [0.2, 0.25) is 5.91 Å². The van der Waals surface area contributed by atoms with Crippen LogP contribution in [0.5, 0.6) is 5.75 Å². The fourth-order valence-electron chi connectivity index (χ4n) is 2.92. The standard InChI is InChI=1S/C21H24N2O4/c1-2-12-27-21(25)15-7-9-16(10-8-15)22-14-20(24)23-18-11-13-26-19-6-4-3-5-17(18)19/h3-10,18,22H,2,11-14H2,1H3,(H,23,24). The third-order valence-electron chi connectivity index (χ3n) is 4.30. The van der Waals surface area contributed by atoms with Crippen LogP contribution in [-0.4, -0.2) is 31.6 Å². The summed E-state index contributed by atoms with van der Waals surface area (Å²) in [6.45, 7) is 3.10. The second kappa shape index (κ2) is 9.07. The molecule has 1 aliphatic heterocycles. The summed E-state index contributed by atoms with van der Waals surface area (Å²) in [5.41, 5.74) is 2.27. The molecule has 0 bridgehead atoms. The fourth-order valence-corrected chi connectivity index (χ4v) is 2.92. The van der Waals surface area contributed by atoms with Crippen molar-refractivity contribution >= 4 is 17.6 Å². The first-order valence-corrected chi connectivity index (χ1v) is 9.19. The number of anilines is 1. The minimum absolute atomic E-state index is 0.0417. The van der Waals surface area contributed by atoms with Gasteiger partial charge >= 0.3 is 5.97 Å². The first kappa shape index (κ1) is 18.8. The zero-order valence-corrected chi connectivity index (χ0v) is 15.4. The zero-order valence-electron chi connectivity index (χ0n) is 15.4. The van der Waals surface area contributed by atoms with Crippen LogP contribution in [0, 0.1) is 0 Å². The highest BCUT2D eigenvalue weighted by molar-refractivity contribution is 5.90. The highest BCUT2D eigenvalue weighted by Crippen LogP contribution is 2.31. The summed E-state index contributed by atoms with van der Waals surface area (Å²) >= 11 is 0. The van der Waals surface area contributed by atoms with Gasteiger partial charge in [-0.2, -0.15) is 0 Å². The van der Waals surface area contributed by atoms with Crippen LogP contribution < -0.4 is 15.4 Å². The molecule has 2 aromatic rings. The summed E-state index contributed by atoms with van der Waals surface area (Å²) < 4.78 is 10.7. The maximum absolute atomic E-state index is 12.3. The molecule has 1 aliphatic rings. The SMILES string of the molecule is CCCOC(=O)c1ccc(NCC(=O)NC2CCOc3ccccc32)cc1. The van der Waals surface area contributed by atoms with Crippen molar-refractivity contribution in [3.63, 3.8) is 0 Å².